The molecule has 2 rings (SSSR count). The lowest BCUT2D eigenvalue weighted by atomic mass is 10.3. The van der Waals surface area contributed by atoms with Crippen molar-refractivity contribution in [3.05, 3.63) is 41.2 Å². The van der Waals surface area contributed by atoms with Gasteiger partial charge in [-0.05, 0) is 12.1 Å². The number of benzene rings is 1. The van der Waals surface area contributed by atoms with Gasteiger partial charge in [0, 0.05) is 12.3 Å². The molecular weight excluding hydrogens is 307 g/mol. The van der Waals surface area contributed by atoms with Crippen molar-refractivity contribution in [2.75, 3.05) is 4.90 Å². The number of carbonyl (C=O) groups is 1. The van der Waals surface area contributed by atoms with Crippen LogP contribution in [0.3, 0.4) is 0 Å². The van der Waals surface area contributed by atoms with Gasteiger partial charge in [0.25, 0.3) is 0 Å². The number of hydrogen-bond donors (Lipinski definition) is 2. The van der Waals surface area contributed by atoms with E-state index in [0.29, 0.717) is 10.8 Å². The number of amides is 1. The van der Waals surface area contributed by atoms with E-state index in [0.717, 1.165) is 0 Å². The maximum atomic E-state index is 13.9. The van der Waals surface area contributed by atoms with Gasteiger partial charge in [0.05, 0.1) is 17.6 Å². The first-order valence-electron chi connectivity index (χ1n) is 6.11. The van der Waals surface area contributed by atoms with Crippen molar-refractivity contribution in [1.82, 2.24) is 4.98 Å². The molecule has 0 radical (unpaired) electrons. The average molecular weight is 320 g/mol. The monoisotopic (exact) mass is 320 g/mol. The minimum absolute atomic E-state index is 0.136. The number of rotatable bonds is 4. The second-order valence-corrected chi connectivity index (χ2v) is 4.97. The standard InChI is InChI=1S/C13H13FN6OS/c1-8(21)20(11-5-3-2-4-10(11)14)13-18-9(7-22-13)6-17-19-12(15)16/h2-7H,1H3,(H4,15,16,19)/b17-6+. The third-order valence-corrected chi connectivity index (χ3v) is 3.32. The molecule has 0 bridgehead atoms. The molecule has 1 heterocycles. The summed E-state index contributed by atoms with van der Waals surface area (Å²) in [5.74, 6) is -1.04. The summed E-state index contributed by atoms with van der Waals surface area (Å²) in [6, 6.07) is 5.97. The fourth-order valence-electron chi connectivity index (χ4n) is 1.63. The van der Waals surface area contributed by atoms with Crippen LogP contribution in [0, 0.1) is 5.82 Å². The van der Waals surface area contributed by atoms with E-state index in [1.807, 2.05) is 0 Å². The Hall–Kier alpha value is -2.81. The Morgan fingerprint density at radius 3 is 2.77 bits per heavy atom. The van der Waals surface area contributed by atoms with Crippen LogP contribution in [-0.2, 0) is 4.79 Å². The molecule has 0 aliphatic heterocycles. The number of nitrogens with zero attached hydrogens (tertiary/aromatic N) is 4. The predicted octanol–water partition coefficient (Wildman–Crippen LogP) is 1.57. The van der Waals surface area contributed by atoms with Crippen LogP contribution in [0.25, 0.3) is 0 Å². The molecule has 1 aromatic carbocycles. The minimum Gasteiger partial charge on any atom is -0.369 e. The van der Waals surface area contributed by atoms with Gasteiger partial charge in [-0.1, -0.05) is 12.1 Å². The molecule has 0 aliphatic carbocycles. The topological polar surface area (TPSA) is 110 Å². The van der Waals surface area contributed by atoms with E-state index in [9.17, 15) is 9.18 Å². The number of nitrogens with two attached hydrogens (primary N) is 2. The molecule has 2 aromatic rings. The highest BCUT2D eigenvalue weighted by molar-refractivity contribution is 7.14. The van der Waals surface area contributed by atoms with E-state index in [1.165, 1.54) is 41.5 Å². The number of halogens is 1. The van der Waals surface area contributed by atoms with Crippen LogP contribution in [0.5, 0.6) is 0 Å². The molecule has 0 unspecified atom stereocenters. The number of thiazole rings is 1. The molecule has 0 aliphatic rings. The molecule has 4 N–H and O–H groups in total. The van der Waals surface area contributed by atoms with Crippen LogP contribution in [0.1, 0.15) is 12.6 Å². The maximum absolute atomic E-state index is 13.9. The number of para-hydroxylation sites is 1. The van der Waals surface area contributed by atoms with Gasteiger partial charge in [0.2, 0.25) is 11.9 Å². The highest BCUT2D eigenvalue weighted by atomic mass is 32.1. The summed E-state index contributed by atoms with van der Waals surface area (Å²) >= 11 is 1.17. The predicted molar refractivity (Wildman–Crippen MR) is 84.7 cm³/mol. The molecule has 114 valence electrons. The normalized spacial score (nSPS) is 10.6. The number of hydrogen-bond acceptors (Lipinski definition) is 5. The molecule has 22 heavy (non-hydrogen) atoms. The lowest BCUT2D eigenvalue weighted by Crippen LogP contribution is -2.23. The van der Waals surface area contributed by atoms with E-state index in [1.54, 1.807) is 17.5 Å². The van der Waals surface area contributed by atoms with Crippen LogP contribution in [0.15, 0.2) is 39.8 Å². The van der Waals surface area contributed by atoms with E-state index in [-0.39, 0.29) is 17.6 Å². The van der Waals surface area contributed by atoms with E-state index >= 15 is 0 Å². The summed E-state index contributed by atoms with van der Waals surface area (Å²) in [5.41, 5.74) is 10.9. The van der Waals surface area contributed by atoms with Crippen molar-refractivity contribution >= 4 is 40.2 Å². The molecule has 0 spiro atoms. The highest BCUT2D eigenvalue weighted by Gasteiger charge is 2.20. The largest absolute Gasteiger partial charge is 0.369 e. The molecule has 1 aromatic heterocycles. The third-order valence-electron chi connectivity index (χ3n) is 2.47. The Morgan fingerprint density at radius 1 is 1.41 bits per heavy atom. The zero-order valence-electron chi connectivity index (χ0n) is 11.6. The lowest BCUT2D eigenvalue weighted by Gasteiger charge is -2.18. The number of carbonyl (C=O) groups excluding carboxylic acids is 1. The SMILES string of the molecule is CC(=O)N(c1nc(/C=N/N=C(N)N)cs1)c1ccccc1F. The van der Waals surface area contributed by atoms with Gasteiger partial charge in [0.1, 0.15) is 5.82 Å². The summed E-state index contributed by atoms with van der Waals surface area (Å²) < 4.78 is 13.9. The van der Waals surface area contributed by atoms with Crippen molar-refractivity contribution in [2.24, 2.45) is 21.7 Å². The smallest absolute Gasteiger partial charge is 0.230 e. The van der Waals surface area contributed by atoms with Crippen molar-refractivity contribution in [3.8, 4) is 0 Å². The second-order valence-electron chi connectivity index (χ2n) is 4.13. The van der Waals surface area contributed by atoms with E-state index in [4.69, 9.17) is 11.5 Å². The second kappa shape index (κ2) is 6.76. The molecule has 0 saturated heterocycles. The summed E-state index contributed by atoms with van der Waals surface area (Å²) in [4.78, 5) is 17.2. The summed E-state index contributed by atoms with van der Waals surface area (Å²) in [7, 11) is 0. The summed E-state index contributed by atoms with van der Waals surface area (Å²) in [5, 5.41) is 9.05. The Labute approximate surface area is 129 Å². The van der Waals surface area contributed by atoms with Gasteiger partial charge in [-0.3, -0.25) is 9.69 Å². The number of guanidine groups is 1. The average Bonchev–Trinajstić information content (AvgIpc) is 2.89. The van der Waals surface area contributed by atoms with Crippen LogP contribution in [0.2, 0.25) is 0 Å². The van der Waals surface area contributed by atoms with E-state index in [2.05, 4.69) is 15.2 Å². The molecule has 7 nitrogen and oxygen atoms in total. The molecular formula is C13H13FN6OS. The molecule has 0 saturated carbocycles. The van der Waals surface area contributed by atoms with Crippen molar-refractivity contribution < 1.29 is 9.18 Å². The molecule has 0 fully saturated rings. The Morgan fingerprint density at radius 2 is 2.14 bits per heavy atom. The lowest BCUT2D eigenvalue weighted by molar-refractivity contribution is -0.115. The quantitative estimate of drug-likeness (QED) is 0.506. The van der Waals surface area contributed by atoms with Gasteiger partial charge in [-0.25, -0.2) is 9.37 Å². The fourth-order valence-corrected chi connectivity index (χ4v) is 2.46. The van der Waals surface area contributed by atoms with Gasteiger partial charge in [-0.15, -0.1) is 16.4 Å². The van der Waals surface area contributed by atoms with Gasteiger partial charge >= 0.3 is 0 Å². The van der Waals surface area contributed by atoms with Crippen molar-refractivity contribution in [2.45, 2.75) is 6.92 Å². The first-order valence-corrected chi connectivity index (χ1v) is 6.99. The molecule has 9 heteroatoms. The Bertz CT molecular complexity index is 738. The third kappa shape index (κ3) is 3.64. The van der Waals surface area contributed by atoms with Crippen molar-refractivity contribution in [3.63, 3.8) is 0 Å². The van der Waals surface area contributed by atoms with Gasteiger partial charge in [-0.2, -0.15) is 5.10 Å². The van der Waals surface area contributed by atoms with Crippen LogP contribution in [0.4, 0.5) is 15.2 Å². The molecule has 1 amide bonds. The minimum atomic E-state index is -0.511. The van der Waals surface area contributed by atoms with Gasteiger partial charge in [0.15, 0.2) is 5.13 Å². The van der Waals surface area contributed by atoms with Crippen LogP contribution >= 0.6 is 11.3 Å². The Kier molecular flexibility index (Phi) is 4.79. The van der Waals surface area contributed by atoms with Crippen LogP contribution in [-0.4, -0.2) is 23.1 Å². The van der Waals surface area contributed by atoms with Gasteiger partial charge < -0.3 is 11.5 Å². The first kappa shape index (κ1) is 15.6. The van der Waals surface area contributed by atoms with Crippen LogP contribution < -0.4 is 16.4 Å². The first-order chi connectivity index (χ1) is 10.5. The summed E-state index contributed by atoms with van der Waals surface area (Å²) in [6.45, 7) is 1.33. The maximum Gasteiger partial charge on any atom is 0.230 e. The van der Waals surface area contributed by atoms with Crippen molar-refractivity contribution in [1.29, 1.82) is 0 Å². The van der Waals surface area contributed by atoms with E-state index < -0.39 is 5.82 Å². The Balaban J connectivity index is 2.34. The summed E-state index contributed by atoms with van der Waals surface area (Å²) in [6.07, 6.45) is 1.33. The number of anilines is 2. The highest BCUT2D eigenvalue weighted by Crippen LogP contribution is 2.30. The molecule has 0 atom stereocenters. The fraction of sp³-hybridized carbons (Fsp3) is 0.0769. The zero-order valence-corrected chi connectivity index (χ0v) is 12.4. The zero-order chi connectivity index (χ0) is 16.1. The number of aromatic nitrogens is 1.